The lowest BCUT2D eigenvalue weighted by Gasteiger charge is -2.15. The smallest absolute Gasteiger partial charge is 0.387 e. The lowest BCUT2D eigenvalue weighted by molar-refractivity contribution is -0.0505. The lowest BCUT2D eigenvalue weighted by atomic mass is 10.2. The fourth-order valence-corrected chi connectivity index (χ4v) is 2.93. The number of methoxy groups -OCH3 is 1. The molecule has 166 valence electrons. The number of nitrogens with one attached hydrogen (secondary N) is 2. The number of sulfonamides is 1. The van der Waals surface area contributed by atoms with E-state index in [-0.39, 0.29) is 41.2 Å². The van der Waals surface area contributed by atoms with Crippen LogP contribution in [0.15, 0.2) is 52.4 Å². The Morgan fingerprint density at radius 3 is 2.30 bits per heavy atom. The molecule has 0 aliphatic carbocycles. The van der Waals surface area contributed by atoms with Gasteiger partial charge in [0.1, 0.15) is 11.5 Å². The third kappa shape index (κ3) is 7.91. The number of alkyl halides is 2. The molecule has 2 rings (SSSR count). The van der Waals surface area contributed by atoms with E-state index < -0.39 is 16.6 Å². The molecule has 0 aliphatic rings. The van der Waals surface area contributed by atoms with Crippen molar-refractivity contribution in [1.29, 1.82) is 0 Å². The number of rotatable bonds is 8. The van der Waals surface area contributed by atoms with Gasteiger partial charge in [-0.15, -0.1) is 24.0 Å². The predicted octanol–water partition coefficient (Wildman–Crippen LogP) is 2.43. The zero-order chi connectivity index (χ0) is 21.4. The second-order valence-corrected chi connectivity index (χ2v) is 7.38. The maximum Gasteiger partial charge on any atom is 0.387 e. The highest BCUT2D eigenvalue weighted by atomic mass is 127. The van der Waals surface area contributed by atoms with E-state index in [0.717, 1.165) is 5.56 Å². The van der Waals surface area contributed by atoms with Crippen LogP contribution < -0.4 is 25.2 Å². The van der Waals surface area contributed by atoms with Crippen molar-refractivity contribution in [1.82, 2.24) is 10.6 Å². The summed E-state index contributed by atoms with van der Waals surface area (Å²) >= 11 is 0. The van der Waals surface area contributed by atoms with Crippen molar-refractivity contribution < 1.29 is 26.7 Å². The summed E-state index contributed by atoms with van der Waals surface area (Å²) < 4.78 is 57.4. The summed E-state index contributed by atoms with van der Waals surface area (Å²) in [7, 11) is -0.714. The van der Waals surface area contributed by atoms with Crippen LogP contribution in [0.1, 0.15) is 11.1 Å². The second kappa shape index (κ2) is 11.9. The topological polar surface area (TPSA) is 115 Å². The van der Waals surface area contributed by atoms with Crippen LogP contribution in [-0.4, -0.2) is 35.1 Å². The number of halogens is 3. The Morgan fingerprint density at radius 2 is 1.77 bits per heavy atom. The van der Waals surface area contributed by atoms with Crippen molar-refractivity contribution in [3.63, 3.8) is 0 Å². The van der Waals surface area contributed by atoms with Crippen LogP contribution in [0.2, 0.25) is 0 Å². The zero-order valence-electron chi connectivity index (χ0n) is 16.3. The van der Waals surface area contributed by atoms with E-state index in [0.29, 0.717) is 23.8 Å². The van der Waals surface area contributed by atoms with E-state index in [9.17, 15) is 17.2 Å². The highest BCUT2D eigenvalue weighted by Crippen LogP contribution is 2.25. The van der Waals surface area contributed by atoms with Gasteiger partial charge in [0.2, 0.25) is 10.0 Å². The molecule has 0 unspecified atom stereocenters. The number of hydrogen-bond acceptors (Lipinski definition) is 5. The van der Waals surface area contributed by atoms with Gasteiger partial charge in [-0.25, -0.2) is 13.6 Å². The van der Waals surface area contributed by atoms with E-state index in [2.05, 4.69) is 20.4 Å². The molecule has 0 amide bonds. The molecule has 0 aliphatic heterocycles. The van der Waals surface area contributed by atoms with Gasteiger partial charge in [0.25, 0.3) is 0 Å². The number of nitrogens with zero attached hydrogens (tertiary/aromatic N) is 1. The average molecular weight is 556 g/mol. The van der Waals surface area contributed by atoms with Gasteiger partial charge in [0, 0.05) is 25.7 Å². The number of guanidine groups is 1. The normalized spacial score (nSPS) is 11.6. The quantitative estimate of drug-likeness (QED) is 0.262. The maximum absolute atomic E-state index is 12.6. The van der Waals surface area contributed by atoms with Crippen LogP contribution in [0.3, 0.4) is 0 Å². The van der Waals surface area contributed by atoms with Crippen molar-refractivity contribution in [2.45, 2.75) is 24.6 Å². The third-order valence-corrected chi connectivity index (χ3v) is 4.79. The average Bonchev–Trinajstić information content (AvgIpc) is 2.68. The Hall–Kier alpha value is -2.19. The van der Waals surface area contributed by atoms with Crippen molar-refractivity contribution in [2.24, 2.45) is 10.1 Å². The van der Waals surface area contributed by atoms with Gasteiger partial charge in [-0.1, -0.05) is 12.1 Å². The van der Waals surface area contributed by atoms with Crippen molar-refractivity contribution in [2.75, 3.05) is 14.2 Å². The molecular weight excluding hydrogens is 533 g/mol. The van der Waals surface area contributed by atoms with Gasteiger partial charge < -0.3 is 20.1 Å². The van der Waals surface area contributed by atoms with Crippen LogP contribution in [0.5, 0.6) is 11.5 Å². The Labute approximate surface area is 190 Å². The number of primary sulfonamides is 1. The molecule has 0 bridgehead atoms. The molecule has 0 spiro atoms. The largest absolute Gasteiger partial charge is 0.497 e. The summed E-state index contributed by atoms with van der Waals surface area (Å²) in [6.07, 6.45) is 0. The molecule has 2 aromatic rings. The Kier molecular flexibility index (Phi) is 10.2. The predicted molar refractivity (Wildman–Crippen MR) is 120 cm³/mol. The summed E-state index contributed by atoms with van der Waals surface area (Å²) in [6.45, 7) is -2.44. The van der Waals surface area contributed by atoms with Gasteiger partial charge >= 0.3 is 6.61 Å². The van der Waals surface area contributed by atoms with E-state index in [1.807, 2.05) is 0 Å². The first-order valence-electron chi connectivity index (χ1n) is 8.41. The molecule has 0 atom stereocenters. The monoisotopic (exact) mass is 556 g/mol. The summed E-state index contributed by atoms with van der Waals surface area (Å²) in [6, 6.07) is 10.6. The molecule has 30 heavy (non-hydrogen) atoms. The van der Waals surface area contributed by atoms with Gasteiger partial charge in [0.05, 0.1) is 12.0 Å². The van der Waals surface area contributed by atoms with Crippen molar-refractivity contribution in [3.05, 3.63) is 53.6 Å². The Balaban J connectivity index is 0.00000450. The number of nitrogens with two attached hydrogens (primary N) is 1. The molecule has 8 nitrogen and oxygen atoms in total. The molecule has 0 heterocycles. The molecule has 0 fully saturated rings. The minimum Gasteiger partial charge on any atom is -0.497 e. The Morgan fingerprint density at radius 1 is 1.13 bits per heavy atom. The number of ether oxygens (including phenoxy) is 2. The van der Waals surface area contributed by atoms with Crippen molar-refractivity contribution >= 4 is 40.0 Å². The van der Waals surface area contributed by atoms with Crippen LogP contribution in [0, 0.1) is 0 Å². The highest BCUT2D eigenvalue weighted by molar-refractivity contribution is 14.0. The molecule has 0 saturated carbocycles. The maximum atomic E-state index is 12.6. The molecule has 0 saturated heterocycles. The highest BCUT2D eigenvalue weighted by Gasteiger charge is 2.12. The fraction of sp³-hybridized carbons (Fsp3) is 0.278. The van der Waals surface area contributed by atoms with Crippen molar-refractivity contribution in [3.8, 4) is 11.5 Å². The minimum absolute atomic E-state index is 0. The van der Waals surface area contributed by atoms with Crippen LogP contribution in [0.4, 0.5) is 8.78 Å². The number of aliphatic imine (C=N–C) groups is 1. The minimum atomic E-state index is -3.75. The molecule has 12 heteroatoms. The SMILES string of the molecule is CN=C(NCc1ccc(S(N)(=O)=O)cc1)NCc1cc(OC)ccc1OC(F)F.I. The van der Waals surface area contributed by atoms with E-state index >= 15 is 0 Å². The summed E-state index contributed by atoms with van der Waals surface area (Å²) in [4.78, 5) is 4.09. The van der Waals surface area contributed by atoms with E-state index in [4.69, 9.17) is 9.88 Å². The summed E-state index contributed by atoms with van der Waals surface area (Å²) in [5, 5.41) is 11.1. The molecule has 0 radical (unpaired) electrons. The lowest BCUT2D eigenvalue weighted by Crippen LogP contribution is -2.36. The summed E-state index contributed by atoms with van der Waals surface area (Å²) in [5.74, 6) is 0.940. The number of hydrogen-bond donors (Lipinski definition) is 3. The van der Waals surface area contributed by atoms with Crippen LogP contribution in [0.25, 0.3) is 0 Å². The van der Waals surface area contributed by atoms with E-state index in [1.54, 1.807) is 25.2 Å². The van der Waals surface area contributed by atoms with E-state index in [1.165, 1.54) is 31.4 Å². The number of benzene rings is 2. The first kappa shape index (κ1) is 25.8. The molecular formula is C18H23F2IN4O4S. The molecule has 2 aromatic carbocycles. The van der Waals surface area contributed by atoms with Gasteiger partial charge in [-0.3, -0.25) is 4.99 Å². The second-order valence-electron chi connectivity index (χ2n) is 5.82. The van der Waals surface area contributed by atoms with Gasteiger partial charge in [-0.2, -0.15) is 8.78 Å². The van der Waals surface area contributed by atoms with Crippen LogP contribution >= 0.6 is 24.0 Å². The first-order valence-corrected chi connectivity index (χ1v) is 9.95. The third-order valence-electron chi connectivity index (χ3n) is 3.87. The molecule has 0 aromatic heterocycles. The Bertz CT molecular complexity index is 957. The summed E-state index contributed by atoms with van der Waals surface area (Å²) in [5.41, 5.74) is 1.26. The van der Waals surface area contributed by atoms with Gasteiger partial charge in [0.15, 0.2) is 5.96 Å². The first-order chi connectivity index (χ1) is 13.7. The molecule has 4 N–H and O–H groups in total. The van der Waals surface area contributed by atoms with Crippen LogP contribution in [-0.2, 0) is 23.1 Å². The van der Waals surface area contributed by atoms with Gasteiger partial charge in [-0.05, 0) is 35.9 Å². The zero-order valence-corrected chi connectivity index (χ0v) is 19.4. The standard InChI is InChI=1S/C18H22F2N4O4S.HI/c1-22-18(23-10-12-3-6-15(7-4-12)29(21,25)26)24-11-13-9-14(27-2)5-8-16(13)28-17(19)20;/h3-9,17H,10-11H2,1-2H3,(H2,21,25,26)(H2,22,23,24);1H. The fourth-order valence-electron chi connectivity index (χ4n) is 2.41.